The molecule has 2 nitrogen and oxygen atoms in total. The molecule has 0 saturated heterocycles. The van der Waals surface area contributed by atoms with Crippen molar-refractivity contribution in [3.63, 3.8) is 0 Å². The summed E-state index contributed by atoms with van der Waals surface area (Å²) in [7, 11) is 1.76. The molecule has 2 rings (SSSR count). The fourth-order valence-electron chi connectivity index (χ4n) is 1.76. The minimum Gasteiger partial charge on any atom is -0.349 e. The van der Waals surface area contributed by atoms with Gasteiger partial charge in [0.2, 0.25) is 0 Å². The van der Waals surface area contributed by atoms with Gasteiger partial charge in [0, 0.05) is 29.4 Å². The lowest BCUT2D eigenvalue weighted by molar-refractivity contribution is 1.33. The number of aromatic amines is 1. The van der Waals surface area contributed by atoms with E-state index < -0.39 is 0 Å². The van der Waals surface area contributed by atoms with Crippen LogP contribution in [-0.2, 0) is 0 Å². The number of H-pyrrole nitrogens is 1. The van der Waals surface area contributed by atoms with Crippen molar-refractivity contribution >= 4 is 33.7 Å². The van der Waals surface area contributed by atoms with Crippen molar-refractivity contribution in [3.8, 4) is 11.3 Å². The second kappa shape index (κ2) is 5.07. The summed E-state index contributed by atoms with van der Waals surface area (Å²) in [5.41, 5.74) is 4.35. The van der Waals surface area contributed by atoms with E-state index >= 15 is 0 Å². The molecule has 2 aromatic rings. The third-order valence-electron chi connectivity index (χ3n) is 2.55. The minimum atomic E-state index is 0.732. The molecule has 0 amide bonds. The van der Waals surface area contributed by atoms with Gasteiger partial charge in [-0.1, -0.05) is 17.7 Å². The van der Waals surface area contributed by atoms with Crippen molar-refractivity contribution in [2.45, 2.75) is 6.92 Å². The van der Waals surface area contributed by atoms with Gasteiger partial charge >= 0.3 is 0 Å². The SMILES string of the molecule is CN=Cc1cc(Br)[nH]c1-c1cc(Cl)ccc1C. The molecular weight excluding hydrogens is 300 g/mol. The third-order valence-corrected chi connectivity index (χ3v) is 3.21. The summed E-state index contributed by atoms with van der Waals surface area (Å²) in [4.78, 5) is 7.34. The number of nitrogens with one attached hydrogen (secondary N) is 1. The Bertz CT molecular complexity index is 573. The first-order valence-electron chi connectivity index (χ1n) is 5.19. The maximum absolute atomic E-state index is 6.04. The molecule has 4 heteroatoms. The second-order valence-electron chi connectivity index (χ2n) is 3.79. The molecule has 0 atom stereocenters. The zero-order valence-corrected chi connectivity index (χ0v) is 11.9. The standard InChI is InChI=1S/C13H12BrClN2/c1-8-3-4-10(15)6-11(8)13-9(7-16-2)5-12(14)17-13/h3-7,17H,1-2H3. The van der Waals surface area contributed by atoms with E-state index in [1.807, 2.05) is 30.5 Å². The fraction of sp³-hybridized carbons (Fsp3) is 0.154. The molecule has 0 bridgehead atoms. The van der Waals surface area contributed by atoms with E-state index in [-0.39, 0.29) is 0 Å². The zero-order chi connectivity index (χ0) is 12.4. The molecule has 1 heterocycles. The quantitative estimate of drug-likeness (QED) is 0.794. The van der Waals surface area contributed by atoms with Crippen molar-refractivity contribution in [1.29, 1.82) is 0 Å². The van der Waals surface area contributed by atoms with Crippen LogP contribution in [0.25, 0.3) is 11.3 Å². The summed E-state index contributed by atoms with van der Waals surface area (Å²) < 4.78 is 0.932. The van der Waals surface area contributed by atoms with E-state index in [4.69, 9.17) is 11.6 Å². The van der Waals surface area contributed by atoms with E-state index in [0.29, 0.717) is 0 Å². The van der Waals surface area contributed by atoms with Gasteiger partial charge in [0.25, 0.3) is 0 Å². The van der Waals surface area contributed by atoms with Gasteiger partial charge < -0.3 is 4.98 Å². The molecule has 0 spiro atoms. The predicted octanol–water partition coefficient (Wildman–Crippen LogP) is 4.45. The van der Waals surface area contributed by atoms with Gasteiger partial charge in [-0.05, 0) is 46.6 Å². The Balaban J connectivity index is 2.63. The van der Waals surface area contributed by atoms with Crippen LogP contribution in [0.2, 0.25) is 5.02 Å². The summed E-state index contributed by atoms with van der Waals surface area (Å²) in [5, 5.41) is 0.732. The molecule has 17 heavy (non-hydrogen) atoms. The Morgan fingerprint density at radius 1 is 1.35 bits per heavy atom. The first-order chi connectivity index (χ1) is 8.11. The third kappa shape index (κ3) is 2.61. The summed E-state index contributed by atoms with van der Waals surface area (Å²) in [6.45, 7) is 2.06. The van der Waals surface area contributed by atoms with Gasteiger partial charge in [-0.25, -0.2) is 0 Å². The average molecular weight is 312 g/mol. The molecule has 88 valence electrons. The van der Waals surface area contributed by atoms with Crippen LogP contribution in [0.15, 0.2) is 33.9 Å². The highest BCUT2D eigenvalue weighted by Gasteiger charge is 2.10. The van der Waals surface area contributed by atoms with Gasteiger partial charge in [-0.3, -0.25) is 4.99 Å². The van der Waals surface area contributed by atoms with Gasteiger partial charge in [0.15, 0.2) is 0 Å². The lowest BCUT2D eigenvalue weighted by Gasteiger charge is -2.06. The minimum absolute atomic E-state index is 0.732. The molecule has 0 aliphatic heterocycles. The average Bonchev–Trinajstić information content (AvgIpc) is 2.64. The van der Waals surface area contributed by atoms with Crippen LogP contribution >= 0.6 is 27.5 Å². The van der Waals surface area contributed by atoms with E-state index in [2.05, 4.69) is 32.8 Å². The van der Waals surface area contributed by atoms with Gasteiger partial charge in [-0.2, -0.15) is 0 Å². The monoisotopic (exact) mass is 310 g/mol. The Labute approximate surface area is 114 Å². The molecule has 0 saturated carbocycles. The van der Waals surface area contributed by atoms with E-state index in [1.54, 1.807) is 7.05 Å². The molecule has 0 radical (unpaired) electrons. The highest BCUT2D eigenvalue weighted by atomic mass is 79.9. The molecule has 1 aromatic heterocycles. The Morgan fingerprint density at radius 2 is 2.12 bits per heavy atom. The predicted molar refractivity (Wildman–Crippen MR) is 77.2 cm³/mol. The molecule has 0 unspecified atom stereocenters. The van der Waals surface area contributed by atoms with Crippen LogP contribution in [0.5, 0.6) is 0 Å². The van der Waals surface area contributed by atoms with Crippen LogP contribution < -0.4 is 0 Å². The molecule has 0 aliphatic rings. The number of aryl methyl sites for hydroxylation is 1. The van der Waals surface area contributed by atoms with Crippen LogP contribution in [-0.4, -0.2) is 18.2 Å². The highest BCUT2D eigenvalue weighted by molar-refractivity contribution is 9.10. The molecule has 1 aromatic carbocycles. The zero-order valence-electron chi connectivity index (χ0n) is 9.59. The number of benzene rings is 1. The maximum Gasteiger partial charge on any atom is 0.0831 e. The molecule has 0 fully saturated rings. The molecule has 0 aliphatic carbocycles. The number of hydrogen-bond donors (Lipinski definition) is 1. The van der Waals surface area contributed by atoms with Crippen LogP contribution in [0.4, 0.5) is 0 Å². The first kappa shape index (κ1) is 12.4. The number of nitrogens with zero attached hydrogens (tertiary/aromatic N) is 1. The number of aromatic nitrogens is 1. The van der Waals surface area contributed by atoms with E-state index in [1.165, 1.54) is 5.56 Å². The van der Waals surface area contributed by atoms with Crippen molar-refractivity contribution in [2.24, 2.45) is 4.99 Å². The fourth-order valence-corrected chi connectivity index (χ4v) is 2.38. The number of halogens is 2. The smallest absolute Gasteiger partial charge is 0.0831 e. The van der Waals surface area contributed by atoms with Gasteiger partial charge in [0.05, 0.1) is 10.3 Å². The number of hydrogen-bond acceptors (Lipinski definition) is 1. The van der Waals surface area contributed by atoms with E-state index in [9.17, 15) is 0 Å². The van der Waals surface area contributed by atoms with E-state index in [0.717, 1.165) is 26.4 Å². The van der Waals surface area contributed by atoms with Crippen LogP contribution in [0, 0.1) is 6.92 Å². The highest BCUT2D eigenvalue weighted by Crippen LogP contribution is 2.30. The topological polar surface area (TPSA) is 28.1 Å². The summed E-state index contributed by atoms with van der Waals surface area (Å²) >= 11 is 9.49. The van der Waals surface area contributed by atoms with Crippen molar-refractivity contribution < 1.29 is 0 Å². The van der Waals surface area contributed by atoms with Crippen molar-refractivity contribution in [3.05, 3.63) is 45.0 Å². The Hall–Kier alpha value is -1.06. The second-order valence-corrected chi connectivity index (χ2v) is 5.08. The largest absolute Gasteiger partial charge is 0.349 e. The normalized spacial score (nSPS) is 11.3. The number of aliphatic imine (C=N–C) groups is 1. The first-order valence-corrected chi connectivity index (χ1v) is 6.36. The lowest BCUT2D eigenvalue weighted by Crippen LogP contribution is -1.88. The van der Waals surface area contributed by atoms with Crippen molar-refractivity contribution in [2.75, 3.05) is 7.05 Å². The molecule has 1 N–H and O–H groups in total. The Morgan fingerprint density at radius 3 is 2.82 bits per heavy atom. The maximum atomic E-state index is 6.04. The van der Waals surface area contributed by atoms with Crippen molar-refractivity contribution in [1.82, 2.24) is 4.98 Å². The van der Waals surface area contributed by atoms with Crippen LogP contribution in [0.3, 0.4) is 0 Å². The van der Waals surface area contributed by atoms with Gasteiger partial charge in [-0.15, -0.1) is 0 Å². The summed E-state index contributed by atoms with van der Waals surface area (Å²) in [6, 6.07) is 7.87. The van der Waals surface area contributed by atoms with Crippen LogP contribution in [0.1, 0.15) is 11.1 Å². The Kier molecular flexibility index (Phi) is 3.69. The lowest BCUT2D eigenvalue weighted by atomic mass is 10.0. The summed E-state index contributed by atoms with van der Waals surface area (Å²) in [5.74, 6) is 0. The van der Waals surface area contributed by atoms with Gasteiger partial charge in [0.1, 0.15) is 0 Å². The summed E-state index contributed by atoms with van der Waals surface area (Å²) in [6.07, 6.45) is 1.83. The number of rotatable bonds is 2. The molecular formula is C13H12BrClN2.